The van der Waals surface area contributed by atoms with E-state index in [0.29, 0.717) is 0 Å². The topological polar surface area (TPSA) is 143 Å². The van der Waals surface area contributed by atoms with Crippen molar-refractivity contribution in [3.63, 3.8) is 0 Å². The average Bonchev–Trinajstić information content (AvgIpc) is 2.60. The summed E-state index contributed by atoms with van der Waals surface area (Å²) < 4.78 is 10.5. The SMILES string of the molecule is C=CCOC[C@H](NC(=O)OC(C)(C)C)C(=O)N[C@H](C(=O)N[C@H](C(=O)O)C(C)C)C(C)C. The second-order valence-electron chi connectivity index (χ2n) is 8.82. The highest BCUT2D eigenvalue weighted by Gasteiger charge is 2.32. The zero-order chi connectivity index (χ0) is 24.4. The van der Waals surface area contributed by atoms with Crippen LogP contribution in [0.5, 0.6) is 0 Å². The molecule has 31 heavy (non-hydrogen) atoms. The van der Waals surface area contributed by atoms with Gasteiger partial charge in [-0.05, 0) is 32.6 Å². The van der Waals surface area contributed by atoms with Crippen LogP contribution >= 0.6 is 0 Å². The zero-order valence-corrected chi connectivity index (χ0v) is 19.5. The van der Waals surface area contributed by atoms with E-state index < -0.39 is 47.6 Å². The minimum absolute atomic E-state index is 0.155. The molecular weight excluding hydrogens is 406 g/mol. The summed E-state index contributed by atoms with van der Waals surface area (Å²) >= 11 is 0. The van der Waals surface area contributed by atoms with Gasteiger partial charge < -0.3 is 30.5 Å². The Kier molecular flexibility index (Phi) is 11.8. The Hall–Kier alpha value is -2.62. The number of hydrogen-bond acceptors (Lipinski definition) is 6. The molecule has 4 N–H and O–H groups in total. The predicted octanol–water partition coefficient (Wildman–Crippen LogP) is 1.45. The normalized spacial score (nSPS) is 14.4. The summed E-state index contributed by atoms with van der Waals surface area (Å²) in [4.78, 5) is 49.0. The van der Waals surface area contributed by atoms with E-state index in [1.165, 1.54) is 6.08 Å². The molecule has 0 heterocycles. The maximum absolute atomic E-state index is 12.8. The van der Waals surface area contributed by atoms with E-state index in [4.69, 9.17) is 9.47 Å². The Balaban J connectivity index is 5.39. The molecule has 0 aromatic rings. The van der Waals surface area contributed by atoms with E-state index in [-0.39, 0.29) is 25.0 Å². The monoisotopic (exact) mass is 443 g/mol. The van der Waals surface area contributed by atoms with Gasteiger partial charge in [0.1, 0.15) is 23.7 Å². The molecule has 0 radical (unpaired) electrons. The van der Waals surface area contributed by atoms with Crippen LogP contribution in [0.1, 0.15) is 48.5 Å². The summed E-state index contributed by atoms with van der Waals surface area (Å²) in [5, 5.41) is 16.8. The number of rotatable bonds is 12. The van der Waals surface area contributed by atoms with Crippen LogP contribution in [0.3, 0.4) is 0 Å². The Morgan fingerprint density at radius 1 is 0.935 bits per heavy atom. The van der Waals surface area contributed by atoms with Gasteiger partial charge in [0.2, 0.25) is 11.8 Å². The quantitative estimate of drug-likeness (QED) is 0.264. The van der Waals surface area contributed by atoms with Gasteiger partial charge in [0.25, 0.3) is 0 Å². The van der Waals surface area contributed by atoms with E-state index >= 15 is 0 Å². The van der Waals surface area contributed by atoms with Crippen LogP contribution in [0.2, 0.25) is 0 Å². The molecule has 3 atom stereocenters. The number of carbonyl (C=O) groups is 4. The first-order valence-electron chi connectivity index (χ1n) is 10.2. The number of alkyl carbamates (subject to hydrolysis) is 1. The highest BCUT2D eigenvalue weighted by molar-refractivity contribution is 5.93. The fourth-order valence-corrected chi connectivity index (χ4v) is 2.45. The van der Waals surface area contributed by atoms with Gasteiger partial charge in [-0.1, -0.05) is 33.8 Å². The van der Waals surface area contributed by atoms with Gasteiger partial charge in [0.05, 0.1) is 13.2 Å². The molecular formula is C21H37N3O7. The third-order valence-electron chi connectivity index (χ3n) is 4.01. The van der Waals surface area contributed by atoms with Crippen molar-refractivity contribution in [2.45, 2.75) is 72.2 Å². The fourth-order valence-electron chi connectivity index (χ4n) is 2.45. The van der Waals surface area contributed by atoms with E-state index in [0.717, 1.165) is 0 Å². The number of nitrogens with one attached hydrogen (secondary N) is 3. The lowest BCUT2D eigenvalue weighted by molar-refractivity contribution is -0.143. The molecule has 3 amide bonds. The Labute approximate surface area is 184 Å². The molecule has 0 bridgehead atoms. The summed E-state index contributed by atoms with van der Waals surface area (Å²) in [7, 11) is 0. The second-order valence-corrected chi connectivity index (χ2v) is 8.82. The van der Waals surface area contributed by atoms with E-state index in [1.807, 2.05) is 0 Å². The van der Waals surface area contributed by atoms with Crippen LogP contribution in [0.4, 0.5) is 4.79 Å². The third-order valence-corrected chi connectivity index (χ3v) is 4.01. The first-order chi connectivity index (χ1) is 14.2. The van der Waals surface area contributed by atoms with Gasteiger partial charge in [0.15, 0.2) is 0 Å². The van der Waals surface area contributed by atoms with Gasteiger partial charge in [-0.25, -0.2) is 9.59 Å². The molecule has 178 valence electrons. The summed E-state index contributed by atoms with van der Waals surface area (Å²) in [6, 6.07) is -3.25. The standard InChI is InChI=1S/C21H37N3O7/c1-9-10-30-11-14(22-20(29)31-21(6,7)8)17(25)23-15(12(2)3)18(26)24-16(13(4)5)19(27)28/h9,12-16H,1,10-11H2,2-8H3,(H,22,29)(H,23,25)(H,24,26)(H,27,28)/t14-,15-,16-/m0/s1. The number of carboxylic acids is 1. The first kappa shape index (κ1) is 28.4. The molecule has 0 unspecified atom stereocenters. The minimum Gasteiger partial charge on any atom is -0.480 e. The number of aliphatic carboxylic acids is 1. The van der Waals surface area contributed by atoms with Crippen LogP contribution < -0.4 is 16.0 Å². The van der Waals surface area contributed by atoms with Crippen LogP contribution in [0, 0.1) is 11.8 Å². The molecule has 10 heteroatoms. The molecule has 0 fully saturated rings. The van der Waals surface area contributed by atoms with Crippen molar-refractivity contribution in [3.8, 4) is 0 Å². The van der Waals surface area contributed by atoms with Gasteiger partial charge in [0, 0.05) is 0 Å². The minimum atomic E-state index is -1.17. The summed E-state index contributed by atoms with van der Waals surface area (Å²) in [5.74, 6) is -3.16. The first-order valence-corrected chi connectivity index (χ1v) is 10.2. The van der Waals surface area contributed by atoms with Crippen molar-refractivity contribution < 1.29 is 33.8 Å². The highest BCUT2D eigenvalue weighted by Crippen LogP contribution is 2.09. The van der Waals surface area contributed by atoms with Crippen molar-refractivity contribution in [2.75, 3.05) is 13.2 Å². The number of amides is 3. The molecule has 0 aliphatic rings. The maximum atomic E-state index is 12.8. The van der Waals surface area contributed by atoms with Gasteiger partial charge in [-0.2, -0.15) is 0 Å². The molecule has 10 nitrogen and oxygen atoms in total. The number of carbonyl (C=O) groups excluding carboxylic acids is 3. The average molecular weight is 444 g/mol. The summed E-state index contributed by atoms with van der Waals surface area (Å²) in [6.07, 6.45) is 0.677. The van der Waals surface area contributed by atoms with Crippen molar-refractivity contribution in [1.29, 1.82) is 0 Å². The van der Waals surface area contributed by atoms with Gasteiger partial charge >= 0.3 is 12.1 Å². The summed E-state index contributed by atoms with van der Waals surface area (Å²) in [5.41, 5.74) is -0.768. The Morgan fingerprint density at radius 2 is 1.45 bits per heavy atom. The summed E-state index contributed by atoms with van der Waals surface area (Å²) in [6.45, 7) is 15.3. The number of carboxylic acid groups (broad SMARTS) is 1. The number of hydrogen-bond donors (Lipinski definition) is 4. The van der Waals surface area contributed by atoms with Crippen LogP contribution in [-0.2, 0) is 23.9 Å². The Bertz CT molecular complexity index is 641. The Morgan fingerprint density at radius 3 is 1.87 bits per heavy atom. The second kappa shape index (κ2) is 12.9. The van der Waals surface area contributed by atoms with Crippen molar-refractivity contribution in [3.05, 3.63) is 12.7 Å². The largest absolute Gasteiger partial charge is 0.480 e. The predicted molar refractivity (Wildman–Crippen MR) is 115 cm³/mol. The van der Waals surface area contributed by atoms with Crippen LogP contribution in [0.25, 0.3) is 0 Å². The van der Waals surface area contributed by atoms with E-state index in [2.05, 4.69) is 22.5 Å². The lowest BCUT2D eigenvalue weighted by atomic mass is 10.00. The van der Waals surface area contributed by atoms with Crippen molar-refractivity contribution in [2.24, 2.45) is 11.8 Å². The molecule has 0 aromatic carbocycles. The van der Waals surface area contributed by atoms with Crippen molar-refractivity contribution >= 4 is 23.9 Å². The van der Waals surface area contributed by atoms with E-state index in [1.54, 1.807) is 48.5 Å². The van der Waals surface area contributed by atoms with Crippen LogP contribution in [0.15, 0.2) is 12.7 Å². The number of ether oxygens (including phenoxy) is 2. The molecule has 0 saturated heterocycles. The van der Waals surface area contributed by atoms with Gasteiger partial charge in [-0.15, -0.1) is 6.58 Å². The highest BCUT2D eigenvalue weighted by atomic mass is 16.6. The fraction of sp³-hybridized carbons (Fsp3) is 0.714. The lowest BCUT2D eigenvalue weighted by Crippen LogP contribution is -2.59. The van der Waals surface area contributed by atoms with Crippen LogP contribution in [-0.4, -0.2) is 65.9 Å². The molecule has 0 rings (SSSR count). The van der Waals surface area contributed by atoms with Crippen molar-refractivity contribution in [1.82, 2.24) is 16.0 Å². The lowest BCUT2D eigenvalue weighted by Gasteiger charge is -2.28. The molecule has 0 spiro atoms. The van der Waals surface area contributed by atoms with E-state index in [9.17, 15) is 24.3 Å². The molecule has 0 saturated carbocycles. The van der Waals surface area contributed by atoms with Gasteiger partial charge in [-0.3, -0.25) is 9.59 Å². The zero-order valence-electron chi connectivity index (χ0n) is 19.5. The third kappa shape index (κ3) is 11.4. The molecule has 0 aliphatic carbocycles. The molecule has 0 aromatic heterocycles. The smallest absolute Gasteiger partial charge is 0.408 e. The molecule has 0 aliphatic heterocycles. The maximum Gasteiger partial charge on any atom is 0.408 e.